The molecule has 174 valence electrons. The number of rotatable bonds is 5. The number of pyridine rings is 1. The number of aromatic nitrogens is 1. The van der Waals surface area contributed by atoms with Crippen LogP contribution >= 0.6 is 0 Å². The summed E-state index contributed by atoms with van der Waals surface area (Å²) >= 11 is 0. The van der Waals surface area contributed by atoms with E-state index in [1.165, 1.54) is 10.5 Å². The van der Waals surface area contributed by atoms with Gasteiger partial charge in [0.15, 0.2) is 0 Å². The molecule has 0 radical (unpaired) electrons. The highest BCUT2D eigenvalue weighted by Gasteiger charge is 2.30. The third-order valence-corrected chi connectivity index (χ3v) is 6.58. The van der Waals surface area contributed by atoms with Gasteiger partial charge < -0.3 is 14.4 Å². The molecule has 34 heavy (non-hydrogen) atoms. The van der Waals surface area contributed by atoms with E-state index in [9.17, 15) is 9.59 Å². The number of fused-ring (bicyclic) bond motifs is 2. The number of nitrogens with zero attached hydrogens (tertiary/aromatic N) is 3. The van der Waals surface area contributed by atoms with Crippen molar-refractivity contribution in [3.05, 3.63) is 71.4 Å². The first-order valence-corrected chi connectivity index (χ1v) is 11.4. The number of amides is 2. The van der Waals surface area contributed by atoms with Crippen molar-refractivity contribution in [1.29, 1.82) is 0 Å². The van der Waals surface area contributed by atoms with Gasteiger partial charge in [0.25, 0.3) is 0 Å². The number of hydrogen-bond donors (Lipinski definition) is 0. The van der Waals surface area contributed by atoms with Crippen LogP contribution in [0.1, 0.15) is 23.1 Å². The van der Waals surface area contributed by atoms with Crippen LogP contribution < -0.4 is 14.4 Å². The van der Waals surface area contributed by atoms with E-state index in [2.05, 4.69) is 17.1 Å². The van der Waals surface area contributed by atoms with Crippen LogP contribution in [0.15, 0.2) is 54.7 Å². The summed E-state index contributed by atoms with van der Waals surface area (Å²) in [5, 5.41) is 0. The van der Waals surface area contributed by atoms with Crippen molar-refractivity contribution in [3.8, 4) is 22.6 Å². The Balaban J connectivity index is 1.35. The molecule has 0 unspecified atom stereocenters. The van der Waals surface area contributed by atoms with Crippen LogP contribution in [0.5, 0.6) is 11.5 Å². The zero-order valence-electron chi connectivity index (χ0n) is 19.4. The van der Waals surface area contributed by atoms with Crippen LogP contribution in [0, 0.1) is 0 Å². The number of aryl methyl sites for hydroxylation is 1. The van der Waals surface area contributed by atoms with Crippen LogP contribution in [-0.4, -0.2) is 49.0 Å². The van der Waals surface area contributed by atoms with Crippen molar-refractivity contribution in [3.63, 3.8) is 0 Å². The third kappa shape index (κ3) is 4.21. The monoisotopic (exact) mass is 457 g/mol. The fourth-order valence-electron chi connectivity index (χ4n) is 4.66. The summed E-state index contributed by atoms with van der Waals surface area (Å²) in [5.74, 6) is 1.99. The lowest BCUT2D eigenvalue weighted by molar-refractivity contribution is -0.132. The number of ether oxygens (including phenoxy) is 2. The van der Waals surface area contributed by atoms with E-state index in [-0.39, 0.29) is 18.4 Å². The molecule has 0 aliphatic carbocycles. The smallest absolute Gasteiger partial charge is 0.243 e. The molecule has 2 aliphatic rings. The standard InChI is InChI=1S/C27H27N3O4/c1-33-23-5-3-4-19(13-23)21-12-20-7-9-25(31)30(27(20)28-15-21)17-26(32)29-11-10-18-6-8-24(34-2)14-22(18)16-29/h3-6,8,12-15H,7,9-11,16-17H2,1-2H3. The maximum Gasteiger partial charge on any atom is 0.243 e. The van der Waals surface area contributed by atoms with Crippen LogP contribution in [0.3, 0.4) is 0 Å². The Morgan fingerprint density at radius 2 is 1.74 bits per heavy atom. The predicted octanol–water partition coefficient (Wildman–Crippen LogP) is 3.63. The normalized spacial score (nSPS) is 14.9. The fourth-order valence-corrected chi connectivity index (χ4v) is 4.66. The van der Waals surface area contributed by atoms with E-state index >= 15 is 0 Å². The van der Waals surface area contributed by atoms with Gasteiger partial charge >= 0.3 is 0 Å². The third-order valence-electron chi connectivity index (χ3n) is 6.58. The molecule has 0 saturated carbocycles. The van der Waals surface area contributed by atoms with Crippen molar-refractivity contribution in [2.45, 2.75) is 25.8 Å². The molecule has 0 saturated heterocycles. The molecule has 7 heteroatoms. The molecular weight excluding hydrogens is 430 g/mol. The summed E-state index contributed by atoms with van der Waals surface area (Å²) in [5.41, 5.74) is 5.25. The summed E-state index contributed by atoms with van der Waals surface area (Å²) in [6.45, 7) is 1.15. The second kappa shape index (κ2) is 9.17. The molecule has 1 aromatic heterocycles. The summed E-state index contributed by atoms with van der Waals surface area (Å²) < 4.78 is 10.7. The zero-order chi connectivity index (χ0) is 23.7. The molecule has 0 spiro atoms. The number of benzene rings is 2. The van der Waals surface area contributed by atoms with Crippen LogP contribution in [-0.2, 0) is 29.0 Å². The van der Waals surface area contributed by atoms with Gasteiger partial charge in [-0.2, -0.15) is 0 Å². The maximum absolute atomic E-state index is 13.2. The first kappa shape index (κ1) is 21.9. The van der Waals surface area contributed by atoms with Gasteiger partial charge in [-0.15, -0.1) is 0 Å². The molecule has 0 fully saturated rings. The Bertz CT molecular complexity index is 1260. The van der Waals surface area contributed by atoms with Gasteiger partial charge in [0, 0.05) is 31.3 Å². The Morgan fingerprint density at radius 1 is 0.912 bits per heavy atom. The quantitative estimate of drug-likeness (QED) is 0.585. The minimum absolute atomic E-state index is 0.00333. The molecule has 3 heterocycles. The van der Waals surface area contributed by atoms with E-state index in [0.717, 1.165) is 40.2 Å². The number of hydrogen-bond acceptors (Lipinski definition) is 5. The summed E-state index contributed by atoms with van der Waals surface area (Å²) in [4.78, 5) is 34.0. The Hall–Kier alpha value is -3.87. The first-order chi connectivity index (χ1) is 16.6. The summed E-state index contributed by atoms with van der Waals surface area (Å²) in [6.07, 6.45) is 3.52. The van der Waals surface area contributed by atoms with Gasteiger partial charge in [0.2, 0.25) is 11.8 Å². The van der Waals surface area contributed by atoms with Gasteiger partial charge in [-0.05, 0) is 65.4 Å². The fraction of sp³-hybridized carbons (Fsp3) is 0.296. The van der Waals surface area contributed by atoms with E-state index < -0.39 is 0 Å². The van der Waals surface area contributed by atoms with Crippen molar-refractivity contribution in [2.24, 2.45) is 0 Å². The van der Waals surface area contributed by atoms with Gasteiger partial charge in [-0.25, -0.2) is 4.98 Å². The van der Waals surface area contributed by atoms with E-state index in [1.807, 2.05) is 41.3 Å². The summed E-state index contributed by atoms with van der Waals surface area (Å²) in [7, 11) is 3.28. The largest absolute Gasteiger partial charge is 0.497 e. The molecule has 7 nitrogen and oxygen atoms in total. The van der Waals surface area contributed by atoms with E-state index in [1.54, 1.807) is 20.4 Å². The van der Waals surface area contributed by atoms with Gasteiger partial charge in [0.1, 0.15) is 23.9 Å². The molecule has 0 N–H and O–H groups in total. The lowest BCUT2D eigenvalue weighted by atomic mass is 9.98. The summed E-state index contributed by atoms with van der Waals surface area (Å²) in [6, 6.07) is 15.9. The molecule has 2 aromatic carbocycles. The van der Waals surface area contributed by atoms with Gasteiger partial charge in [-0.3, -0.25) is 14.5 Å². The average molecular weight is 458 g/mol. The van der Waals surface area contributed by atoms with Crippen LogP contribution in [0.4, 0.5) is 5.82 Å². The second-order valence-electron chi connectivity index (χ2n) is 8.62. The SMILES string of the molecule is COc1cccc(-c2cnc3c(c2)CCC(=O)N3CC(=O)N2CCc3ccc(OC)cc3C2)c1. The minimum atomic E-state index is -0.0756. The van der Waals surface area contributed by atoms with Crippen LogP contribution in [0.2, 0.25) is 0 Å². The lowest BCUT2D eigenvalue weighted by Crippen LogP contribution is -2.46. The zero-order valence-corrected chi connectivity index (χ0v) is 19.4. The minimum Gasteiger partial charge on any atom is -0.497 e. The number of carbonyl (C=O) groups excluding carboxylic acids is 2. The molecule has 3 aromatic rings. The van der Waals surface area contributed by atoms with E-state index in [4.69, 9.17) is 9.47 Å². The predicted molar refractivity (Wildman–Crippen MR) is 129 cm³/mol. The molecule has 0 bridgehead atoms. The number of anilines is 1. The van der Waals surface area contributed by atoms with Gasteiger partial charge in [-0.1, -0.05) is 18.2 Å². The molecule has 2 amide bonds. The molecule has 0 atom stereocenters. The highest BCUT2D eigenvalue weighted by molar-refractivity contribution is 6.00. The number of methoxy groups -OCH3 is 2. The lowest BCUT2D eigenvalue weighted by Gasteiger charge is -2.33. The maximum atomic E-state index is 13.2. The Labute approximate surface area is 198 Å². The Morgan fingerprint density at radius 3 is 2.56 bits per heavy atom. The van der Waals surface area contributed by atoms with Crippen molar-refractivity contribution in [1.82, 2.24) is 9.88 Å². The average Bonchev–Trinajstić information content (AvgIpc) is 2.89. The molecule has 2 aliphatic heterocycles. The topological polar surface area (TPSA) is 72.0 Å². The molecule has 5 rings (SSSR count). The van der Waals surface area contributed by atoms with Crippen molar-refractivity contribution in [2.75, 3.05) is 32.2 Å². The highest BCUT2D eigenvalue weighted by atomic mass is 16.5. The number of carbonyl (C=O) groups is 2. The van der Waals surface area contributed by atoms with Gasteiger partial charge in [0.05, 0.1) is 14.2 Å². The van der Waals surface area contributed by atoms with Crippen molar-refractivity contribution < 1.29 is 19.1 Å². The highest BCUT2D eigenvalue weighted by Crippen LogP contribution is 2.31. The first-order valence-electron chi connectivity index (χ1n) is 11.4. The second-order valence-corrected chi connectivity index (χ2v) is 8.62. The van der Waals surface area contributed by atoms with E-state index in [0.29, 0.717) is 31.7 Å². The molecular formula is C27H27N3O4. The van der Waals surface area contributed by atoms with Crippen molar-refractivity contribution >= 4 is 17.6 Å². The van der Waals surface area contributed by atoms with Crippen LogP contribution in [0.25, 0.3) is 11.1 Å². The Kier molecular flexibility index (Phi) is 5.92.